The highest BCUT2D eigenvalue weighted by molar-refractivity contribution is 5.89. The number of amides is 3. The largest absolute Gasteiger partial charge is 0.444 e. The van der Waals surface area contributed by atoms with Crippen LogP contribution in [0.1, 0.15) is 46.1 Å². The maximum Gasteiger partial charge on any atom is 0.419 e. The summed E-state index contributed by atoms with van der Waals surface area (Å²) in [4.78, 5) is 31.2. The third-order valence-corrected chi connectivity index (χ3v) is 7.74. The summed E-state index contributed by atoms with van der Waals surface area (Å²) >= 11 is 0. The molecular weight excluding hydrogens is 492 g/mol. The molecule has 0 aromatic heterocycles. The van der Waals surface area contributed by atoms with Crippen LogP contribution in [0.25, 0.3) is 0 Å². The SMILES string of the molecule is CC1C2CCC(N(CCN3CCN(C(=O)OC(C)(C)C)CC3)C(=O)Nc3ccc(F)c(C(F)(F)F)c3)C12. The second kappa shape index (κ2) is 10.3. The Labute approximate surface area is 215 Å². The number of hydrogen-bond acceptors (Lipinski definition) is 4. The van der Waals surface area contributed by atoms with Crippen LogP contribution < -0.4 is 5.32 Å². The number of ether oxygens (including phenoxy) is 1. The van der Waals surface area contributed by atoms with E-state index in [2.05, 4.69) is 17.1 Å². The standard InChI is InChI=1S/C26H36F4N4O3/c1-16-18-6-8-21(22(16)18)34(23(35)31-17-5-7-20(27)19(15-17)26(28,29)30)14-11-32-9-12-33(13-10-32)24(36)37-25(2,3)4/h5,7,15-16,18,21-22H,6,8-14H2,1-4H3,(H,31,35). The zero-order valence-electron chi connectivity index (χ0n) is 21.8. The first-order chi connectivity index (χ1) is 17.2. The summed E-state index contributed by atoms with van der Waals surface area (Å²) in [5.74, 6) is 0.126. The minimum Gasteiger partial charge on any atom is -0.444 e. The third-order valence-electron chi connectivity index (χ3n) is 7.74. The fourth-order valence-electron chi connectivity index (χ4n) is 5.75. The number of piperazine rings is 1. The van der Waals surface area contributed by atoms with Gasteiger partial charge in [-0.15, -0.1) is 0 Å². The lowest BCUT2D eigenvalue weighted by Crippen LogP contribution is -2.53. The number of hydrogen-bond donors (Lipinski definition) is 1. The van der Waals surface area contributed by atoms with E-state index in [1.807, 2.05) is 20.8 Å². The first kappa shape index (κ1) is 27.5. The molecule has 3 aliphatic rings. The van der Waals surface area contributed by atoms with Gasteiger partial charge in [0.25, 0.3) is 0 Å². The van der Waals surface area contributed by atoms with Crippen LogP contribution >= 0.6 is 0 Å². The molecule has 1 heterocycles. The van der Waals surface area contributed by atoms with E-state index in [0.717, 1.165) is 25.0 Å². The molecule has 1 saturated heterocycles. The lowest BCUT2D eigenvalue weighted by atomic mass is 10.1. The molecule has 2 aliphatic carbocycles. The number of carbonyl (C=O) groups excluding carboxylic acids is 2. The van der Waals surface area contributed by atoms with Gasteiger partial charge in [-0.1, -0.05) is 6.92 Å². The number of halogens is 4. The maximum absolute atomic E-state index is 13.7. The highest BCUT2D eigenvalue weighted by Crippen LogP contribution is 2.58. The fourth-order valence-corrected chi connectivity index (χ4v) is 5.75. The Kier molecular flexibility index (Phi) is 7.65. The van der Waals surface area contributed by atoms with Crippen molar-refractivity contribution in [3.63, 3.8) is 0 Å². The topological polar surface area (TPSA) is 65.1 Å². The van der Waals surface area contributed by atoms with Crippen LogP contribution in [0.2, 0.25) is 0 Å². The third kappa shape index (κ3) is 6.48. The Morgan fingerprint density at radius 2 is 1.78 bits per heavy atom. The van der Waals surface area contributed by atoms with E-state index >= 15 is 0 Å². The van der Waals surface area contributed by atoms with Gasteiger partial charge in [0.2, 0.25) is 0 Å². The van der Waals surface area contributed by atoms with Gasteiger partial charge in [-0.05, 0) is 69.6 Å². The number of benzene rings is 1. The van der Waals surface area contributed by atoms with Crippen LogP contribution in [0.15, 0.2) is 18.2 Å². The van der Waals surface area contributed by atoms with Crippen molar-refractivity contribution in [3.05, 3.63) is 29.6 Å². The quantitative estimate of drug-likeness (QED) is 0.529. The fraction of sp³-hybridized carbons (Fsp3) is 0.692. The summed E-state index contributed by atoms with van der Waals surface area (Å²) in [5, 5.41) is 2.58. The van der Waals surface area contributed by atoms with E-state index in [1.54, 1.807) is 9.80 Å². The van der Waals surface area contributed by atoms with Crippen molar-refractivity contribution in [2.75, 3.05) is 44.6 Å². The number of rotatable bonds is 5. The molecule has 1 aromatic rings. The molecule has 37 heavy (non-hydrogen) atoms. The molecule has 0 spiro atoms. The van der Waals surface area contributed by atoms with Gasteiger partial charge < -0.3 is 19.9 Å². The highest BCUT2D eigenvalue weighted by atomic mass is 19.4. The van der Waals surface area contributed by atoms with Crippen LogP contribution in [0.3, 0.4) is 0 Å². The molecular formula is C26H36F4N4O3. The van der Waals surface area contributed by atoms with Gasteiger partial charge in [0, 0.05) is 51.0 Å². The average Bonchev–Trinajstić information content (AvgIpc) is 3.21. The summed E-state index contributed by atoms with van der Waals surface area (Å²) in [6.45, 7) is 10.9. The second-order valence-corrected chi connectivity index (χ2v) is 11.4. The number of fused-ring (bicyclic) bond motifs is 1. The Balaban J connectivity index is 1.39. The Hall–Kier alpha value is -2.56. The van der Waals surface area contributed by atoms with Crippen LogP contribution in [0.5, 0.6) is 0 Å². The van der Waals surface area contributed by atoms with E-state index in [0.29, 0.717) is 63.1 Å². The molecule has 3 amide bonds. The zero-order chi connectivity index (χ0) is 27.1. The molecule has 1 aromatic carbocycles. The summed E-state index contributed by atoms with van der Waals surface area (Å²) in [6.07, 6.45) is -3.31. The van der Waals surface area contributed by atoms with Gasteiger partial charge in [0.15, 0.2) is 0 Å². The Bertz CT molecular complexity index is 1000. The van der Waals surface area contributed by atoms with Gasteiger partial charge >= 0.3 is 18.3 Å². The molecule has 1 N–H and O–H groups in total. The predicted octanol–water partition coefficient (Wildman–Crippen LogP) is 5.28. The second-order valence-electron chi connectivity index (χ2n) is 11.4. The molecule has 0 radical (unpaired) electrons. The number of alkyl halides is 3. The zero-order valence-corrected chi connectivity index (χ0v) is 21.8. The summed E-state index contributed by atoms with van der Waals surface area (Å²) in [5.41, 5.74) is -2.06. The predicted molar refractivity (Wildman–Crippen MR) is 131 cm³/mol. The van der Waals surface area contributed by atoms with Crippen molar-refractivity contribution in [1.82, 2.24) is 14.7 Å². The molecule has 206 valence electrons. The van der Waals surface area contributed by atoms with Crippen LogP contribution in [-0.2, 0) is 10.9 Å². The number of nitrogens with zero attached hydrogens (tertiary/aromatic N) is 3. The van der Waals surface area contributed by atoms with Crippen molar-refractivity contribution in [3.8, 4) is 0 Å². The van der Waals surface area contributed by atoms with Crippen molar-refractivity contribution in [2.45, 2.75) is 58.4 Å². The van der Waals surface area contributed by atoms with Gasteiger partial charge in [-0.3, -0.25) is 4.90 Å². The minimum absolute atomic E-state index is 0.0191. The van der Waals surface area contributed by atoms with Crippen LogP contribution in [0.4, 0.5) is 32.8 Å². The first-order valence-corrected chi connectivity index (χ1v) is 12.9. The molecule has 1 aliphatic heterocycles. The van der Waals surface area contributed by atoms with Crippen molar-refractivity contribution < 1.29 is 31.9 Å². The van der Waals surface area contributed by atoms with Gasteiger partial charge in [-0.25, -0.2) is 14.0 Å². The van der Waals surface area contributed by atoms with Crippen molar-refractivity contribution >= 4 is 17.8 Å². The number of carbonyl (C=O) groups is 2. The van der Waals surface area contributed by atoms with E-state index in [-0.39, 0.29) is 17.8 Å². The van der Waals surface area contributed by atoms with E-state index in [1.165, 1.54) is 0 Å². The Morgan fingerprint density at radius 3 is 2.35 bits per heavy atom. The average molecular weight is 529 g/mol. The van der Waals surface area contributed by atoms with E-state index in [4.69, 9.17) is 4.74 Å². The number of urea groups is 1. The van der Waals surface area contributed by atoms with Crippen molar-refractivity contribution in [1.29, 1.82) is 0 Å². The van der Waals surface area contributed by atoms with Gasteiger partial charge in [-0.2, -0.15) is 13.2 Å². The lowest BCUT2D eigenvalue weighted by Gasteiger charge is -2.37. The molecule has 4 atom stereocenters. The normalized spacial score (nSPS) is 26.0. The number of anilines is 1. The molecule has 7 nitrogen and oxygen atoms in total. The van der Waals surface area contributed by atoms with Crippen molar-refractivity contribution in [2.24, 2.45) is 17.8 Å². The summed E-state index contributed by atoms with van der Waals surface area (Å²) in [6, 6.07) is 2.05. The van der Waals surface area contributed by atoms with Gasteiger partial charge in [0.1, 0.15) is 11.4 Å². The summed E-state index contributed by atoms with van der Waals surface area (Å²) in [7, 11) is 0. The minimum atomic E-state index is -4.85. The monoisotopic (exact) mass is 528 g/mol. The van der Waals surface area contributed by atoms with E-state index in [9.17, 15) is 27.2 Å². The Morgan fingerprint density at radius 1 is 1.11 bits per heavy atom. The molecule has 4 rings (SSSR count). The first-order valence-electron chi connectivity index (χ1n) is 12.9. The smallest absolute Gasteiger partial charge is 0.419 e. The molecule has 3 fully saturated rings. The van der Waals surface area contributed by atoms with Gasteiger partial charge in [0.05, 0.1) is 5.56 Å². The lowest BCUT2D eigenvalue weighted by molar-refractivity contribution is -0.139. The molecule has 4 unspecified atom stereocenters. The van der Waals surface area contributed by atoms with Crippen LogP contribution in [0, 0.1) is 23.6 Å². The van der Waals surface area contributed by atoms with E-state index < -0.39 is 29.2 Å². The number of nitrogens with one attached hydrogen (secondary N) is 1. The highest BCUT2D eigenvalue weighted by Gasteiger charge is 2.57. The maximum atomic E-state index is 13.7. The molecule has 11 heteroatoms. The molecule has 2 saturated carbocycles. The molecule has 0 bridgehead atoms. The summed E-state index contributed by atoms with van der Waals surface area (Å²) < 4.78 is 58.6. The van der Waals surface area contributed by atoms with Crippen LogP contribution in [-0.4, -0.2) is 77.7 Å².